The van der Waals surface area contributed by atoms with Crippen LogP contribution in [0.1, 0.15) is 20.3 Å². The van der Waals surface area contributed by atoms with Crippen molar-refractivity contribution in [3.63, 3.8) is 0 Å². The van der Waals surface area contributed by atoms with E-state index in [9.17, 15) is 0 Å². The molecule has 0 aromatic carbocycles. The van der Waals surface area contributed by atoms with Gasteiger partial charge in [-0.15, -0.1) is 0 Å². The minimum atomic E-state index is 0.0139. The molecule has 0 aliphatic carbocycles. The second-order valence-electron chi connectivity index (χ2n) is 3.23. The number of ether oxygens (including phenoxy) is 2. The smallest absolute Gasteiger partial charge is 0.0955 e. The van der Waals surface area contributed by atoms with Crippen LogP contribution in [0, 0.1) is 5.92 Å². The highest BCUT2D eigenvalue weighted by Crippen LogP contribution is 2.29. The third kappa shape index (κ3) is 1.18. The SMILES string of the molecule is CO[C@@]1(C(C)C)CCOC1. The van der Waals surface area contributed by atoms with Gasteiger partial charge in [-0.3, -0.25) is 0 Å². The van der Waals surface area contributed by atoms with E-state index >= 15 is 0 Å². The lowest BCUT2D eigenvalue weighted by Gasteiger charge is -2.29. The first kappa shape index (κ1) is 8.02. The van der Waals surface area contributed by atoms with Crippen LogP contribution in [0.2, 0.25) is 0 Å². The second-order valence-corrected chi connectivity index (χ2v) is 3.23. The zero-order valence-corrected chi connectivity index (χ0v) is 7.02. The van der Waals surface area contributed by atoms with Crippen molar-refractivity contribution < 1.29 is 9.47 Å². The molecule has 0 bridgehead atoms. The highest BCUT2D eigenvalue weighted by Gasteiger charge is 2.37. The number of hydrogen-bond acceptors (Lipinski definition) is 2. The quantitative estimate of drug-likeness (QED) is 0.584. The van der Waals surface area contributed by atoms with Crippen LogP contribution in [0.3, 0.4) is 0 Å². The highest BCUT2D eigenvalue weighted by molar-refractivity contribution is 4.87. The molecule has 1 fully saturated rings. The highest BCUT2D eigenvalue weighted by atomic mass is 16.5. The average Bonchev–Trinajstić information content (AvgIpc) is 2.35. The minimum absolute atomic E-state index is 0.0139. The lowest BCUT2D eigenvalue weighted by Crippen LogP contribution is -2.37. The molecule has 1 aliphatic heterocycles. The molecule has 1 aliphatic rings. The normalized spacial score (nSPS) is 33.6. The fourth-order valence-corrected chi connectivity index (χ4v) is 1.41. The molecule has 10 heavy (non-hydrogen) atoms. The maximum Gasteiger partial charge on any atom is 0.0955 e. The molecule has 1 rings (SSSR count). The fraction of sp³-hybridized carbons (Fsp3) is 1.00. The van der Waals surface area contributed by atoms with Gasteiger partial charge in [0.25, 0.3) is 0 Å². The summed E-state index contributed by atoms with van der Waals surface area (Å²) in [4.78, 5) is 0. The molecule has 0 N–H and O–H groups in total. The van der Waals surface area contributed by atoms with Gasteiger partial charge in [0.1, 0.15) is 0 Å². The first-order valence-corrected chi connectivity index (χ1v) is 3.84. The van der Waals surface area contributed by atoms with Crippen molar-refractivity contribution in [2.75, 3.05) is 20.3 Å². The molecular formula is C8H16O2. The molecule has 1 heterocycles. The Labute approximate surface area is 62.5 Å². The van der Waals surface area contributed by atoms with E-state index in [0.29, 0.717) is 5.92 Å². The molecule has 0 amide bonds. The molecule has 0 radical (unpaired) electrons. The zero-order valence-electron chi connectivity index (χ0n) is 7.02. The van der Waals surface area contributed by atoms with Gasteiger partial charge in [-0.25, -0.2) is 0 Å². The molecule has 2 nitrogen and oxygen atoms in total. The summed E-state index contributed by atoms with van der Waals surface area (Å²) < 4.78 is 10.7. The Hall–Kier alpha value is -0.0800. The van der Waals surface area contributed by atoms with Crippen LogP contribution in [-0.4, -0.2) is 25.9 Å². The van der Waals surface area contributed by atoms with Gasteiger partial charge in [-0.2, -0.15) is 0 Å². The minimum Gasteiger partial charge on any atom is -0.378 e. The van der Waals surface area contributed by atoms with Crippen molar-refractivity contribution in [2.45, 2.75) is 25.9 Å². The predicted molar refractivity (Wildman–Crippen MR) is 40.0 cm³/mol. The number of hydrogen-bond donors (Lipinski definition) is 0. The van der Waals surface area contributed by atoms with Crippen molar-refractivity contribution in [3.05, 3.63) is 0 Å². The Balaban J connectivity index is 2.58. The van der Waals surface area contributed by atoms with E-state index in [0.717, 1.165) is 19.6 Å². The van der Waals surface area contributed by atoms with Gasteiger partial charge >= 0.3 is 0 Å². The van der Waals surface area contributed by atoms with Gasteiger partial charge in [0.2, 0.25) is 0 Å². The van der Waals surface area contributed by atoms with E-state index in [1.165, 1.54) is 0 Å². The van der Waals surface area contributed by atoms with Crippen molar-refractivity contribution >= 4 is 0 Å². The Bertz CT molecular complexity index is 104. The van der Waals surface area contributed by atoms with Crippen molar-refractivity contribution in [1.29, 1.82) is 0 Å². The number of rotatable bonds is 2. The lowest BCUT2D eigenvalue weighted by molar-refractivity contribution is -0.0511. The number of methoxy groups -OCH3 is 1. The first-order chi connectivity index (χ1) is 4.71. The predicted octanol–water partition coefficient (Wildman–Crippen LogP) is 1.45. The second kappa shape index (κ2) is 2.89. The van der Waals surface area contributed by atoms with Crippen molar-refractivity contribution in [3.8, 4) is 0 Å². The maximum absolute atomic E-state index is 5.44. The van der Waals surface area contributed by atoms with E-state index in [4.69, 9.17) is 9.47 Å². The van der Waals surface area contributed by atoms with Gasteiger partial charge in [0.15, 0.2) is 0 Å². The molecule has 0 unspecified atom stereocenters. The summed E-state index contributed by atoms with van der Waals surface area (Å²) >= 11 is 0. The Morgan fingerprint density at radius 1 is 1.50 bits per heavy atom. The summed E-state index contributed by atoms with van der Waals surface area (Å²) in [6.07, 6.45) is 1.04. The molecule has 0 aromatic rings. The summed E-state index contributed by atoms with van der Waals surface area (Å²) in [5.41, 5.74) is 0.0139. The van der Waals surface area contributed by atoms with Crippen LogP contribution < -0.4 is 0 Å². The van der Waals surface area contributed by atoms with Gasteiger partial charge in [0.05, 0.1) is 12.2 Å². The van der Waals surface area contributed by atoms with Gasteiger partial charge in [-0.1, -0.05) is 13.8 Å². The van der Waals surface area contributed by atoms with Crippen LogP contribution in [0.15, 0.2) is 0 Å². The topological polar surface area (TPSA) is 18.5 Å². The van der Waals surface area contributed by atoms with Crippen LogP contribution >= 0.6 is 0 Å². The third-order valence-corrected chi connectivity index (χ3v) is 2.47. The monoisotopic (exact) mass is 144 g/mol. The van der Waals surface area contributed by atoms with E-state index in [1.54, 1.807) is 7.11 Å². The molecular weight excluding hydrogens is 128 g/mol. The molecule has 0 saturated carbocycles. The Kier molecular flexibility index (Phi) is 2.32. The van der Waals surface area contributed by atoms with Crippen LogP contribution in [-0.2, 0) is 9.47 Å². The summed E-state index contributed by atoms with van der Waals surface area (Å²) in [6.45, 7) is 5.98. The largest absolute Gasteiger partial charge is 0.378 e. The van der Waals surface area contributed by atoms with Crippen molar-refractivity contribution in [1.82, 2.24) is 0 Å². The fourth-order valence-electron chi connectivity index (χ4n) is 1.41. The zero-order chi connectivity index (χ0) is 7.61. The summed E-state index contributed by atoms with van der Waals surface area (Å²) in [7, 11) is 1.77. The van der Waals surface area contributed by atoms with Crippen LogP contribution in [0.25, 0.3) is 0 Å². The lowest BCUT2D eigenvalue weighted by atomic mass is 9.89. The standard InChI is InChI=1S/C8H16O2/c1-7(2)8(9-3)4-5-10-6-8/h7H,4-6H2,1-3H3/t8-/m0/s1. The van der Waals surface area contributed by atoms with E-state index in [1.807, 2.05) is 0 Å². The Morgan fingerprint density at radius 2 is 2.20 bits per heavy atom. The van der Waals surface area contributed by atoms with E-state index in [-0.39, 0.29) is 5.60 Å². The van der Waals surface area contributed by atoms with Gasteiger partial charge < -0.3 is 9.47 Å². The van der Waals surface area contributed by atoms with E-state index < -0.39 is 0 Å². The van der Waals surface area contributed by atoms with Gasteiger partial charge in [-0.05, 0) is 5.92 Å². The summed E-state index contributed by atoms with van der Waals surface area (Å²) in [5, 5.41) is 0. The average molecular weight is 144 g/mol. The van der Waals surface area contributed by atoms with Gasteiger partial charge in [0, 0.05) is 20.1 Å². The van der Waals surface area contributed by atoms with E-state index in [2.05, 4.69) is 13.8 Å². The van der Waals surface area contributed by atoms with Crippen molar-refractivity contribution in [2.24, 2.45) is 5.92 Å². The first-order valence-electron chi connectivity index (χ1n) is 3.84. The van der Waals surface area contributed by atoms with Crippen LogP contribution in [0.5, 0.6) is 0 Å². The molecule has 60 valence electrons. The Morgan fingerprint density at radius 3 is 2.40 bits per heavy atom. The molecule has 1 atom stereocenters. The summed E-state index contributed by atoms with van der Waals surface area (Å²) in [6, 6.07) is 0. The molecule has 1 saturated heterocycles. The summed E-state index contributed by atoms with van der Waals surface area (Å²) in [5.74, 6) is 0.556. The van der Waals surface area contributed by atoms with Crippen LogP contribution in [0.4, 0.5) is 0 Å². The third-order valence-electron chi connectivity index (χ3n) is 2.47. The molecule has 0 spiro atoms. The maximum atomic E-state index is 5.44. The molecule has 0 aromatic heterocycles. The molecule has 2 heteroatoms.